The van der Waals surface area contributed by atoms with Crippen LogP contribution in [0.1, 0.15) is 86.9 Å². The number of ketones is 1. The second kappa shape index (κ2) is 16.0. The zero-order chi connectivity index (χ0) is 44.2. The van der Waals surface area contributed by atoms with Crippen LogP contribution in [0.15, 0.2) is 94.6 Å². The van der Waals surface area contributed by atoms with Crippen LogP contribution in [0.2, 0.25) is 0 Å². The molecule has 3 aliphatic carbocycles. The molecule has 1 saturated heterocycles. The number of amides is 1. The summed E-state index contributed by atoms with van der Waals surface area (Å²) >= 11 is 0. The summed E-state index contributed by atoms with van der Waals surface area (Å²) in [5.74, 6) is -7.15. The zero-order valence-corrected chi connectivity index (χ0v) is 34.5. The molecule has 2 heterocycles. The molecule has 4 N–H and O–H groups in total. The van der Waals surface area contributed by atoms with Gasteiger partial charge in [0.2, 0.25) is 0 Å². The van der Waals surface area contributed by atoms with E-state index in [9.17, 15) is 39.3 Å². The molecule has 324 valence electrons. The first-order valence-corrected chi connectivity index (χ1v) is 20.0. The zero-order valence-electron chi connectivity index (χ0n) is 34.5. The third-order valence-corrected chi connectivity index (χ3v) is 13.2. The van der Waals surface area contributed by atoms with Crippen LogP contribution in [-0.2, 0) is 42.9 Å². The van der Waals surface area contributed by atoms with Crippen LogP contribution >= 0.6 is 0 Å². The normalized spacial score (nSPS) is 32.2. The van der Waals surface area contributed by atoms with Crippen molar-refractivity contribution < 1.29 is 72.2 Å². The van der Waals surface area contributed by atoms with E-state index in [2.05, 4.69) is 5.32 Å². The van der Waals surface area contributed by atoms with Gasteiger partial charge in [0.25, 0.3) is 5.91 Å². The Morgan fingerprint density at radius 3 is 2.11 bits per heavy atom. The number of rotatable bonds is 10. The van der Waals surface area contributed by atoms with Gasteiger partial charge in [0, 0.05) is 32.1 Å². The minimum absolute atomic E-state index is 0.0133. The molecule has 3 aromatic rings. The van der Waals surface area contributed by atoms with E-state index in [4.69, 9.17) is 28.1 Å². The molecule has 2 bridgehead atoms. The Bertz CT molecular complexity index is 2240. The monoisotopic (exact) mass is 843 g/mol. The Labute approximate surface area is 351 Å². The van der Waals surface area contributed by atoms with E-state index < -0.39 is 113 Å². The summed E-state index contributed by atoms with van der Waals surface area (Å²) in [5, 5.41) is 40.0. The van der Waals surface area contributed by atoms with Gasteiger partial charge in [0.1, 0.15) is 23.9 Å². The van der Waals surface area contributed by atoms with Gasteiger partial charge in [0.15, 0.2) is 29.4 Å². The highest BCUT2D eigenvalue weighted by Gasteiger charge is 2.78. The summed E-state index contributed by atoms with van der Waals surface area (Å²) < 4.78 is 35.4. The molecule has 2 aromatic carbocycles. The van der Waals surface area contributed by atoms with E-state index in [1.54, 1.807) is 62.4 Å². The Morgan fingerprint density at radius 1 is 0.885 bits per heavy atom. The summed E-state index contributed by atoms with van der Waals surface area (Å²) in [6.07, 6.45) is -9.31. The number of fused-ring (bicyclic) bond motifs is 5. The summed E-state index contributed by atoms with van der Waals surface area (Å²) in [6, 6.07) is 17.5. The molecule has 1 aromatic heterocycles. The lowest BCUT2D eigenvalue weighted by Gasteiger charge is -2.67. The number of hydrogen-bond acceptors (Lipinski definition) is 15. The van der Waals surface area contributed by atoms with Gasteiger partial charge in [-0.3, -0.25) is 19.2 Å². The maximum absolute atomic E-state index is 15.5. The highest BCUT2D eigenvalue weighted by atomic mass is 16.6. The van der Waals surface area contributed by atoms with Gasteiger partial charge in [-0.05, 0) is 54.8 Å². The number of furan rings is 1. The fraction of sp³-hybridized carbons (Fsp3) is 0.467. The lowest BCUT2D eigenvalue weighted by atomic mass is 9.44. The molecule has 0 spiro atoms. The highest BCUT2D eigenvalue weighted by molar-refractivity contribution is 5.96. The number of nitrogens with one attached hydrogen (secondary N) is 1. The molecule has 1 amide bonds. The molecule has 11 atom stereocenters. The largest absolute Gasteiger partial charge is 0.459 e. The van der Waals surface area contributed by atoms with Crippen LogP contribution in [0.3, 0.4) is 0 Å². The SMILES string of the molecule is CC(=O)O[C@H]1C(=O)[C@]2(C)[C@@H](O)C[C@H]3OCC3(OC(C)=O)[C@@H]2[C@@H](OC(=O)c2ccccc2)[C@]2(O)C[C@@H](OC(=O)[C@H](O)[C@@H](NC(=O)c3ccco3)c3ccccc3)C(C)=C1C2(C)C. The van der Waals surface area contributed by atoms with E-state index in [-0.39, 0.29) is 35.5 Å². The predicted molar refractivity (Wildman–Crippen MR) is 210 cm³/mol. The third kappa shape index (κ3) is 7.14. The first kappa shape index (κ1) is 43.4. The number of carbonyl (C=O) groups excluding carboxylic acids is 6. The number of esters is 4. The number of aliphatic hydroxyl groups excluding tert-OH is 2. The number of benzene rings is 2. The molecule has 7 rings (SSSR count). The average Bonchev–Trinajstić information content (AvgIpc) is 3.77. The maximum atomic E-state index is 15.5. The number of ether oxygens (including phenoxy) is 5. The van der Waals surface area contributed by atoms with Crippen LogP contribution in [0.25, 0.3) is 0 Å². The molecular formula is C45H49NO15. The Balaban J connectivity index is 1.39. The first-order valence-electron chi connectivity index (χ1n) is 20.0. The lowest BCUT2D eigenvalue weighted by molar-refractivity contribution is -0.346. The number of hydrogen-bond donors (Lipinski definition) is 4. The third-order valence-electron chi connectivity index (χ3n) is 13.2. The van der Waals surface area contributed by atoms with E-state index in [1.165, 1.54) is 44.4 Å². The summed E-state index contributed by atoms with van der Waals surface area (Å²) in [6.45, 7) is 7.92. The van der Waals surface area contributed by atoms with Crippen LogP contribution in [-0.4, -0.2) is 105 Å². The van der Waals surface area contributed by atoms with Gasteiger partial charge in [-0.15, -0.1) is 0 Å². The van der Waals surface area contributed by atoms with Crippen molar-refractivity contribution in [1.29, 1.82) is 0 Å². The molecule has 16 nitrogen and oxygen atoms in total. The molecule has 4 aliphatic rings. The van der Waals surface area contributed by atoms with Crippen molar-refractivity contribution in [3.8, 4) is 0 Å². The van der Waals surface area contributed by atoms with Crippen LogP contribution in [0.4, 0.5) is 0 Å². The van der Waals surface area contributed by atoms with Gasteiger partial charge in [-0.1, -0.05) is 62.4 Å². The smallest absolute Gasteiger partial charge is 0.338 e. The van der Waals surface area contributed by atoms with Gasteiger partial charge >= 0.3 is 23.9 Å². The van der Waals surface area contributed by atoms with Gasteiger partial charge in [0.05, 0.1) is 41.9 Å². The average molecular weight is 844 g/mol. The fourth-order valence-electron chi connectivity index (χ4n) is 9.99. The van der Waals surface area contributed by atoms with Crippen molar-refractivity contribution in [2.24, 2.45) is 16.7 Å². The summed E-state index contributed by atoms with van der Waals surface area (Å²) in [5.41, 5.74) is -7.37. The van der Waals surface area contributed by atoms with E-state index in [0.717, 1.165) is 13.8 Å². The number of aliphatic hydroxyl groups is 3. The van der Waals surface area contributed by atoms with Gasteiger partial charge < -0.3 is 48.7 Å². The second-order valence-corrected chi connectivity index (χ2v) is 17.0. The van der Waals surface area contributed by atoms with E-state index in [1.807, 2.05) is 0 Å². The van der Waals surface area contributed by atoms with Crippen LogP contribution in [0, 0.1) is 16.7 Å². The Hall–Kier alpha value is -5.68. The predicted octanol–water partition coefficient (Wildman–Crippen LogP) is 3.33. The van der Waals surface area contributed by atoms with Gasteiger partial charge in [-0.2, -0.15) is 0 Å². The van der Waals surface area contributed by atoms with Crippen molar-refractivity contribution >= 4 is 35.6 Å². The molecular weight excluding hydrogens is 794 g/mol. The van der Waals surface area contributed by atoms with E-state index >= 15 is 4.79 Å². The van der Waals surface area contributed by atoms with E-state index in [0.29, 0.717) is 5.56 Å². The molecule has 2 saturated carbocycles. The van der Waals surface area contributed by atoms with Crippen molar-refractivity contribution in [3.05, 3.63) is 107 Å². The minimum atomic E-state index is -2.40. The maximum Gasteiger partial charge on any atom is 0.338 e. The molecule has 61 heavy (non-hydrogen) atoms. The Kier molecular flexibility index (Phi) is 11.4. The molecule has 1 unspecified atom stereocenters. The topological polar surface area (TPSA) is 234 Å². The van der Waals surface area contributed by atoms with Crippen molar-refractivity contribution in [3.63, 3.8) is 0 Å². The standard InChI is InChI=1S/C45H49NO15/c1-23-29(59-41(54)34(50)33(26-14-9-7-10-15-26)46-39(52)28-18-13-19-56-28)21-45(55)38(60-40(53)27-16-11-8-12-17-27)36-43(6,30(49)20-31-44(36,22-57-31)61-25(3)48)37(51)35(58-24(2)47)32(23)42(45,4)5/h7-19,29-31,33-36,38,49-50,55H,20-22H2,1-6H3,(H,46,52)/t29-,30+,31-,33+,34-,35-,36-,38-,43-,44?,45-/m1/s1. The summed E-state index contributed by atoms with van der Waals surface area (Å²) in [7, 11) is 0. The first-order chi connectivity index (χ1) is 28.8. The van der Waals surface area contributed by atoms with Crippen molar-refractivity contribution in [2.45, 2.75) is 108 Å². The summed E-state index contributed by atoms with van der Waals surface area (Å²) in [4.78, 5) is 83.1. The van der Waals surface area contributed by atoms with Gasteiger partial charge in [-0.25, -0.2) is 9.59 Å². The quantitative estimate of drug-likeness (QED) is 0.130. The number of Topliss-reactive ketones (excluding diaryl/α,β-unsaturated/α-hetero) is 1. The molecule has 1 aliphatic heterocycles. The molecule has 16 heteroatoms. The molecule has 3 fully saturated rings. The highest BCUT2D eigenvalue weighted by Crippen LogP contribution is 2.64. The fourth-order valence-corrected chi connectivity index (χ4v) is 9.99. The second-order valence-electron chi connectivity index (χ2n) is 17.0. The number of carbonyl (C=O) groups is 6. The molecule has 0 radical (unpaired) electrons. The van der Waals surface area contributed by atoms with Crippen molar-refractivity contribution in [1.82, 2.24) is 5.32 Å². The minimum Gasteiger partial charge on any atom is -0.459 e. The Morgan fingerprint density at radius 2 is 1.54 bits per heavy atom. The van der Waals surface area contributed by atoms with Crippen molar-refractivity contribution in [2.75, 3.05) is 6.61 Å². The van der Waals surface area contributed by atoms with Crippen LogP contribution < -0.4 is 5.32 Å². The lowest BCUT2D eigenvalue weighted by Crippen LogP contribution is -2.82. The van der Waals surface area contributed by atoms with Crippen LogP contribution in [0.5, 0.6) is 0 Å².